The Morgan fingerprint density at radius 2 is 0.918 bits per heavy atom. The van der Waals surface area contributed by atoms with Gasteiger partial charge >= 0.3 is 0 Å². The maximum absolute atomic E-state index is 12.9. The molecule has 0 aliphatic rings. The molecular weight excluding hydrogens is 780 g/mol. The van der Waals surface area contributed by atoms with Crippen LogP contribution in [0, 0.1) is 0 Å². The second-order valence-electron chi connectivity index (χ2n) is 18.9. The molecule has 0 aromatic rings. The van der Waals surface area contributed by atoms with Crippen LogP contribution in [0.3, 0.4) is 0 Å². The molecule has 2 N–H and O–H groups in total. The van der Waals surface area contributed by atoms with Crippen LogP contribution in [-0.4, -0.2) is 68.5 Å². The molecule has 0 aliphatic carbocycles. The molecule has 3 atom stereocenters. The highest BCUT2D eigenvalue weighted by Gasteiger charge is 2.23. The molecule has 0 radical (unpaired) electrons. The highest BCUT2D eigenvalue weighted by Crippen LogP contribution is 2.38. The number of rotatable bonds is 47. The van der Waals surface area contributed by atoms with Crippen molar-refractivity contribution in [1.29, 1.82) is 0 Å². The normalized spacial score (nSPS) is 14.4. The van der Waals surface area contributed by atoms with Crippen LogP contribution in [0.1, 0.15) is 239 Å². The number of aliphatic hydroxyl groups excluding tert-OH is 1. The molecule has 0 aromatic carbocycles. The van der Waals surface area contributed by atoms with Gasteiger partial charge in [-0.3, -0.25) is 9.36 Å². The second-order valence-corrected chi connectivity index (χ2v) is 20.3. The lowest BCUT2D eigenvalue weighted by atomic mass is 10.0. The molecule has 61 heavy (non-hydrogen) atoms. The van der Waals surface area contributed by atoms with Crippen LogP contribution in [0.4, 0.5) is 0 Å². The topological polar surface area (TPSA) is 108 Å². The van der Waals surface area contributed by atoms with Crippen molar-refractivity contribution in [2.24, 2.45) is 0 Å². The van der Waals surface area contributed by atoms with E-state index in [1.807, 2.05) is 27.2 Å². The number of hydrogen-bond acceptors (Lipinski definition) is 6. The minimum absolute atomic E-state index is 0.00686. The predicted octanol–water partition coefficient (Wildman–Crippen LogP) is 14.4. The summed E-state index contributed by atoms with van der Waals surface area (Å²) in [4.78, 5) is 25.4. The lowest BCUT2D eigenvalue weighted by Gasteiger charge is -2.29. The van der Waals surface area contributed by atoms with E-state index in [-0.39, 0.29) is 12.5 Å². The van der Waals surface area contributed by atoms with Crippen LogP contribution in [0.15, 0.2) is 36.5 Å². The third-order valence-corrected chi connectivity index (χ3v) is 12.5. The summed E-state index contributed by atoms with van der Waals surface area (Å²) < 4.78 is 23.3. The lowest BCUT2D eigenvalue weighted by molar-refractivity contribution is -0.870. The van der Waals surface area contributed by atoms with Gasteiger partial charge in [-0.05, 0) is 57.8 Å². The highest BCUT2D eigenvalue weighted by atomic mass is 31.2. The van der Waals surface area contributed by atoms with Crippen LogP contribution >= 0.6 is 7.82 Å². The minimum Gasteiger partial charge on any atom is -0.756 e. The summed E-state index contributed by atoms with van der Waals surface area (Å²) in [5, 5.41) is 13.8. The van der Waals surface area contributed by atoms with E-state index < -0.39 is 26.6 Å². The van der Waals surface area contributed by atoms with Gasteiger partial charge in [-0.2, -0.15) is 0 Å². The summed E-state index contributed by atoms with van der Waals surface area (Å²) in [5.74, 6) is -0.210. The highest BCUT2D eigenvalue weighted by molar-refractivity contribution is 7.45. The first-order valence-electron chi connectivity index (χ1n) is 25.9. The zero-order valence-electron chi connectivity index (χ0n) is 40.9. The molecule has 360 valence electrons. The Hall–Kier alpha value is -1.28. The number of carbonyl (C=O) groups excluding carboxylic acids is 1. The van der Waals surface area contributed by atoms with Gasteiger partial charge in [0.15, 0.2) is 0 Å². The van der Waals surface area contributed by atoms with Crippen molar-refractivity contribution in [3.8, 4) is 0 Å². The number of carbonyl (C=O) groups is 1. The van der Waals surface area contributed by atoms with E-state index in [0.717, 1.165) is 38.5 Å². The van der Waals surface area contributed by atoms with Crippen molar-refractivity contribution < 1.29 is 32.9 Å². The van der Waals surface area contributed by atoms with Gasteiger partial charge in [-0.25, -0.2) is 0 Å². The lowest BCUT2D eigenvalue weighted by Crippen LogP contribution is -2.45. The number of quaternary nitrogens is 1. The summed E-state index contributed by atoms with van der Waals surface area (Å²) >= 11 is 0. The number of phosphoric ester groups is 1. The molecule has 0 saturated heterocycles. The van der Waals surface area contributed by atoms with Crippen LogP contribution in [0.5, 0.6) is 0 Å². The van der Waals surface area contributed by atoms with Gasteiger partial charge in [0.05, 0.1) is 39.9 Å². The van der Waals surface area contributed by atoms with Gasteiger partial charge in [0, 0.05) is 6.42 Å². The number of allylic oxidation sites excluding steroid dienone is 5. The van der Waals surface area contributed by atoms with E-state index in [4.69, 9.17) is 9.05 Å². The molecule has 0 fully saturated rings. The Kier molecular flexibility index (Phi) is 43.0. The van der Waals surface area contributed by atoms with Crippen molar-refractivity contribution in [2.45, 2.75) is 251 Å². The van der Waals surface area contributed by atoms with E-state index in [1.165, 1.54) is 180 Å². The summed E-state index contributed by atoms with van der Waals surface area (Å²) in [5.41, 5.74) is 0. The van der Waals surface area contributed by atoms with E-state index in [0.29, 0.717) is 17.4 Å². The summed E-state index contributed by atoms with van der Waals surface area (Å²) in [6, 6.07) is -0.904. The standard InChI is InChI=1S/C52H101N2O6P/c1-6-8-10-12-14-16-18-20-22-24-25-26-27-28-30-32-34-36-38-40-42-44-46-52(56)53-50(49-60-61(57,58)59-48-47-54(3,4)5)51(55)45-43-41-39-37-35-33-31-29-23-21-19-17-15-13-11-9-7-2/h27-28,35,37,43,45,50-51,55H,6-26,29-34,36,38-42,44,46-49H2,1-5H3,(H-,53,56,57,58)/b28-27-,37-35+,45-43+. The van der Waals surface area contributed by atoms with Gasteiger partial charge in [0.1, 0.15) is 13.2 Å². The summed E-state index contributed by atoms with van der Waals surface area (Å²) in [7, 11) is 1.24. The van der Waals surface area contributed by atoms with Crippen molar-refractivity contribution in [3.05, 3.63) is 36.5 Å². The van der Waals surface area contributed by atoms with Crippen molar-refractivity contribution in [3.63, 3.8) is 0 Å². The number of aliphatic hydroxyl groups is 1. The maximum atomic E-state index is 12.9. The van der Waals surface area contributed by atoms with Gasteiger partial charge in [-0.15, -0.1) is 0 Å². The Morgan fingerprint density at radius 3 is 1.33 bits per heavy atom. The number of nitrogens with zero attached hydrogens (tertiary/aromatic N) is 1. The first kappa shape index (κ1) is 59.7. The summed E-state index contributed by atoms with van der Waals surface area (Å²) in [6.45, 7) is 4.64. The van der Waals surface area contributed by atoms with Crippen molar-refractivity contribution in [1.82, 2.24) is 5.32 Å². The molecule has 0 rings (SSSR count). The first-order valence-corrected chi connectivity index (χ1v) is 27.3. The third-order valence-electron chi connectivity index (χ3n) is 11.6. The smallest absolute Gasteiger partial charge is 0.268 e. The molecule has 0 spiro atoms. The fourth-order valence-electron chi connectivity index (χ4n) is 7.46. The second kappa shape index (κ2) is 43.9. The first-order chi connectivity index (χ1) is 29.5. The molecule has 0 saturated carbocycles. The van der Waals surface area contributed by atoms with E-state index >= 15 is 0 Å². The van der Waals surface area contributed by atoms with E-state index in [9.17, 15) is 19.4 Å². The molecule has 8 nitrogen and oxygen atoms in total. The zero-order chi connectivity index (χ0) is 45.0. The van der Waals surface area contributed by atoms with Gasteiger partial charge in [0.25, 0.3) is 7.82 Å². The van der Waals surface area contributed by atoms with Crippen molar-refractivity contribution in [2.75, 3.05) is 40.9 Å². The van der Waals surface area contributed by atoms with E-state index in [2.05, 4.69) is 43.5 Å². The summed E-state index contributed by atoms with van der Waals surface area (Å²) in [6.07, 6.45) is 54.9. The molecule has 1 amide bonds. The number of unbranched alkanes of at least 4 members (excludes halogenated alkanes) is 30. The average Bonchev–Trinajstić information content (AvgIpc) is 3.21. The van der Waals surface area contributed by atoms with Crippen LogP contribution in [0.2, 0.25) is 0 Å². The largest absolute Gasteiger partial charge is 0.756 e. The van der Waals surface area contributed by atoms with Crippen LogP contribution in [-0.2, 0) is 18.4 Å². The Morgan fingerprint density at radius 1 is 0.557 bits per heavy atom. The Labute approximate surface area is 378 Å². The molecule has 0 bridgehead atoms. The van der Waals surface area contributed by atoms with Crippen molar-refractivity contribution >= 4 is 13.7 Å². The fraction of sp³-hybridized carbons (Fsp3) is 0.865. The molecule has 9 heteroatoms. The molecule has 0 aromatic heterocycles. The molecule has 3 unspecified atom stereocenters. The fourth-order valence-corrected chi connectivity index (χ4v) is 8.18. The maximum Gasteiger partial charge on any atom is 0.268 e. The van der Waals surface area contributed by atoms with Gasteiger partial charge in [-0.1, -0.05) is 211 Å². The average molecular weight is 881 g/mol. The SMILES string of the molecule is CCCCCCCCCCCCC/C=C\CCCCCCCCCC(=O)NC(COP(=O)([O-])OCC[N+](C)(C)C)C(O)/C=C/CC/C=C/CCCCCCCCCCCCC. The van der Waals surface area contributed by atoms with Crippen LogP contribution < -0.4 is 10.2 Å². The van der Waals surface area contributed by atoms with Crippen LogP contribution in [0.25, 0.3) is 0 Å². The number of amides is 1. The zero-order valence-corrected chi connectivity index (χ0v) is 41.8. The third kappa shape index (κ3) is 46.5. The minimum atomic E-state index is -4.60. The van der Waals surface area contributed by atoms with E-state index in [1.54, 1.807) is 6.08 Å². The Bertz CT molecular complexity index is 1090. The Balaban J connectivity index is 4.33. The number of hydrogen-bond donors (Lipinski definition) is 2. The molecule has 0 aliphatic heterocycles. The monoisotopic (exact) mass is 881 g/mol. The van der Waals surface area contributed by atoms with Gasteiger partial charge < -0.3 is 28.8 Å². The molecule has 0 heterocycles. The predicted molar refractivity (Wildman–Crippen MR) is 261 cm³/mol. The number of nitrogens with one attached hydrogen (secondary N) is 1. The quantitative estimate of drug-likeness (QED) is 0.0273. The molecular formula is C52H101N2O6P. The van der Waals surface area contributed by atoms with Gasteiger partial charge in [0.2, 0.25) is 5.91 Å². The number of phosphoric acid groups is 1. The number of likely N-dealkylation sites (N-methyl/N-ethyl adjacent to an activating group) is 1.